The summed E-state index contributed by atoms with van der Waals surface area (Å²) in [6.07, 6.45) is -1.14. The first-order chi connectivity index (χ1) is 11.7. The molecule has 3 rings (SSSR count). The van der Waals surface area contributed by atoms with Gasteiger partial charge in [0.05, 0.1) is 34.2 Å². The van der Waals surface area contributed by atoms with Crippen LogP contribution in [-0.2, 0) is 9.47 Å². The average Bonchev–Trinajstić information content (AvgIpc) is 2.73. The molecule has 4 unspecified atom stereocenters. The fourth-order valence-corrected chi connectivity index (χ4v) is 3.99. The van der Waals surface area contributed by atoms with Crippen LogP contribution in [0.15, 0.2) is 18.2 Å². The van der Waals surface area contributed by atoms with Crippen LogP contribution in [0.3, 0.4) is 0 Å². The Balaban J connectivity index is 2.33. The molecule has 1 aromatic carbocycles. The first-order valence-electron chi connectivity index (χ1n) is 7.37. The van der Waals surface area contributed by atoms with Crippen molar-refractivity contribution in [1.29, 1.82) is 21.2 Å². The molecule has 2 heterocycles. The van der Waals surface area contributed by atoms with E-state index in [4.69, 9.17) is 38.1 Å². The summed E-state index contributed by atoms with van der Waals surface area (Å²) in [4.78, 5) is 0. The highest BCUT2D eigenvalue weighted by Gasteiger charge is 2.78. The SMILES string of the molecule is CC1C2(C)OC(=N)C1(C#N)C(C#N)(C#N)C(c1ccc(Cl)c(Cl)c1)O2. The lowest BCUT2D eigenvalue weighted by molar-refractivity contribution is -0.268. The summed E-state index contributed by atoms with van der Waals surface area (Å²) in [6, 6.07) is 10.5. The van der Waals surface area contributed by atoms with Crippen molar-refractivity contribution in [1.82, 2.24) is 0 Å². The van der Waals surface area contributed by atoms with Gasteiger partial charge in [-0.1, -0.05) is 36.2 Å². The molecule has 2 bridgehead atoms. The van der Waals surface area contributed by atoms with Crippen molar-refractivity contribution in [3.05, 3.63) is 33.8 Å². The molecular weight excluding hydrogens is 363 g/mol. The fraction of sp³-hybridized carbons (Fsp3) is 0.412. The zero-order chi connectivity index (χ0) is 18.6. The quantitative estimate of drug-likeness (QED) is 0.798. The highest BCUT2D eigenvalue weighted by Crippen LogP contribution is 2.66. The number of nitrogens with one attached hydrogen (secondary N) is 1. The largest absolute Gasteiger partial charge is 0.448 e. The summed E-state index contributed by atoms with van der Waals surface area (Å²) >= 11 is 12.0. The highest BCUT2D eigenvalue weighted by atomic mass is 35.5. The zero-order valence-electron chi connectivity index (χ0n) is 13.3. The molecule has 4 atom stereocenters. The lowest BCUT2D eigenvalue weighted by Gasteiger charge is -2.47. The van der Waals surface area contributed by atoms with Crippen LogP contribution in [0, 0.1) is 56.2 Å². The van der Waals surface area contributed by atoms with Gasteiger partial charge in [-0.3, -0.25) is 5.41 Å². The van der Waals surface area contributed by atoms with Crippen molar-refractivity contribution in [3.63, 3.8) is 0 Å². The lowest BCUT2D eigenvalue weighted by Crippen LogP contribution is -2.57. The maximum absolute atomic E-state index is 9.92. The first kappa shape index (κ1) is 17.5. The maximum atomic E-state index is 9.92. The Labute approximate surface area is 154 Å². The van der Waals surface area contributed by atoms with Gasteiger partial charge in [-0.15, -0.1) is 0 Å². The molecule has 6 nitrogen and oxygen atoms in total. The van der Waals surface area contributed by atoms with Crippen molar-refractivity contribution < 1.29 is 9.47 Å². The fourth-order valence-electron chi connectivity index (χ4n) is 3.69. The van der Waals surface area contributed by atoms with E-state index in [9.17, 15) is 15.8 Å². The van der Waals surface area contributed by atoms with E-state index >= 15 is 0 Å². The molecule has 8 heteroatoms. The number of nitriles is 3. The normalized spacial score (nSPS) is 35.2. The van der Waals surface area contributed by atoms with Crippen LogP contribution in [0.2, 0.25) is 10.0 Å². The Hall–Kier alpha value is -2.30. The van der Waals surface area contributed by atoms with Crippen molar-refractivity contribution in [2.75, 3.05) is 0 Å². The molecule has 0 aromatic heterocycles. The monoisotopic (exact) mass is 374 g/mol. The van der Waals surface area contributed by atoms with Crippen LogP contribution >= 0.6 is 23.2 Å². The molecule has 0 aliphatic carbocycles. The minimum atomic E-state index is -1.98. The molecule has 25 heavy (non-hydrogen) atoms. The van der Waals surface area contributed by atoms with E-state index in [0.29, 0.717) is 10.6 Å². The van der Waals surface area contributed by atoms with Crippen LogP contribution < -0.4 is 0 Å². The summed E-state index contributed by atoms with van der Waals surface area (Å²) in [7, 11) is 0. The second kappa shape index (κ2) is 5.35. The lowest BCUT2D eigenvalue weighted by atomic mass is 9.54. The minimum absolute atomic E-state index is 0.227. The molecule has 2 aliphatic heterocycles. The van der Waals surface area contributed by atoms with E-state index in [2.05, 4.69) is 0 Å². The van der Waals surface area contributed by atoms with Crippen LogP contribution in [0.4, 0.5) is 0 Å². The Morgan fingerprint density at radius 2 is 1.76 bits per heavy atom. The molecule has 2 fully saturated rings. The first-order valence-corrected chi connectivity index (χ1v) is 8.12. The van der Waals surface area contributed by atoms with Gasteiger partial charge in [0.25, 0.3) is 0 Å². The molecule has 2 aliphatic rings. The Bertz CT molecular complexity index is 899. The molecule has 126 valence electrons. The number of hydrogen-bond acceptors (Lipinski definition) is 6. The van der Waals surface area contributed by atoms with E-state index in [1.807, 2.05) is 18.2 Å². The molecule has 1 N–H and O–H groups in total. The molecule has 1 aromatic rings. The third kappa shape index (κ3) is 1.89. The van der Waals surface area contributed by atoms with E-state index in [1.54, 1.807) is 19.9 Å². The number of rotatable bonds is 1. The van der Waals surface area contributed by atoms with Crippen LogP contribution in [0.25, 0.3) is 0 Å². The second-order valence-electron chi connectivity index (χ2n) is 6.29. The minimum Gasteiger partial charge on any atom is -0.448 e. The predicted molar refractivity (Wildman–Crippen MR) is 88.4 cm³/mol. The molecule has 0 spiro atoms. The second-order valence-corrected chi connectivity index (χ2v) is 7.11. The number of halogens is 2. The third-order valence-corrected chi connectivity index (χ3v) is 5.98. The standard InChI is InChI=1S/C17H12Cl2N4O2/c1-9-15(2)24-13(10-3-4-11(18)12(19)5-10)16(6-20,7-21)17(9,8-22)14(23)25-15/h3-5,9,13,23H,1-2H3. The summed E-state index contributed by atoms with van der Waals surface area (Å²) in [5.74, 6) is -2.45. The third-order valence-electron chi connectivity index (χ3n) is 5.24. The van der Waals surface area contributed by atoms with Gasteiger partial charge in [0.2, 0.25) is 17.1 Å². The molecule has 0 amide bonds. The van der Waals surface area contributed by atoms with Crippen LogP contribution in [0.5, 0.6) is 0 Å². The smallest absolute Gasteiger partial charge is 0.214 e. The predicted octanol–water partition coefficient (Wildman–Crippen LogP) is 3.97. The molecular formula is C17H12Cl2N4O2. The Kier molecular flexibility index (Phi) is 3.75. The van der Waals surface area contributed by atoms with Gasteiger partial charge in [-0.05, 0) is 17.7 Å². The Morgan fingerprint density at radius 3 is 2.28 bits per heavy atom. The number of nitrogens with zero attached hydrogens (tertiary/aromatic N) is 3. The highest BCUT2D eigenvalue weighted by molar-refractivity contribution is 6.42. The summed E-state index contributed by atoms with van der Waals surface area (Å²) in [5, 5.41) is 38.5. The number of ether oxygens (including phenoxy) is 2. The van der Waals surface area contributed by atoms with Crippen molar-refractivity contribution >= 4 is 29.1 Å². The van der Waals surface area contributed by atoms with Gasteiger partial charge in [0, 0.05) is 6.92 Å². The van der Waals surface area contributed by atoms with Gasteiger partial charge in [0.1, 0.15) is 6.10 Å². The zero-order valence-corrected chi connectivity index (χ0v) is 14.8. The van der Waals surface area contributed by atoms with Crippen molar-refractivity contribution in [2.24, 2.45) is 16.7 Å². The maximum Gasteiger partial charge on any atom is 0.214 e. The molecule has 0 radical (unpaired) electrons. The number of benzene rings is 1. The van der Waals surface area contributed by atoms with Gasteiger partial charge >= 0.3 is 0 Å². The van der Waals surface area contributed by atoms with Crippen LogP contribution in [0.1, 0.15) is 25.5 Å². The molecule has 0 saturated carbocycles. The summed E-state index contributed by atoms with van der Waals surface area (Å²) < 4.78 is 11.5. The van der Waals surface area contributed by atoms with E-state index < -0.39 is 34.5 Å². The van der Waals surface area contributed by atoms with E-state index in [1.165, 1.54) is 12.1 Å². The number of hydrogen-bond donors (Lipinski definition) is 1. The number of fused-ring (bicyclic) bond motifs is 2. The average molecular weight is 375 g/mol. The van der Waals surface area contributed by atoms with E-state index in [0.717, 1.165) is 0 Å². The van der Waals surface area contributed by atoms with Gasteiger partial charge in [0.15, 0.2) is 5.41 Å². The van der Waals surface area contributed by atoms with Gasteiger partial charge < -0.3 is 9.47 Å². The molecule has 2 saturated heterocycles. The topological polar surface area (TPSA) is 114 Å². The van der Waals surface area contributed by atoms with Gasteiger partial charge in [-0.2, -0.15) is 15.8 Å². The van der Waals surface area contributed by atoms with Crippen LogP contribution in [-0.4, -0.2) is 11.7 Å². The van der Waals surface area contributed by atoms with E-state index in [-0.39, 0.29) is 5.02 Å². The van der Waals surface area contributed by atoms with Gasteiger partial charge in [-0.25, -0.2) is 0 Å². The summed E-state index contributed by atoms with van der Waals surface area (Å²) in [6.45, 7) is 3.23. The van der Waals surface area contributed by atoms with Crippen molar-refractivity contribution in [2.45, 2.75) is 25.7 Å². The summed E-state index contributed by atoms with van der Waals surface area (Å²) in [5.41, 5.74) is -3.33. The van der Waals surface area contributed by atoms with Crippen molar-refractivity contribution in [3.8, 4) is 18.2 Å². The Morgan fingerprint density at radius 1 is 1.12 bits per heavy atom.